The van der Waals surface area contributed by atoms with Crippen molar-refractivity contribution in [2.45, 2.75) is 6.92 Å². The van der Waals surface area contributed by atoms with Crippen molar-refractivity contribution in [2.75, 3.05) is 60.5 Å². The number of nitrogens with zero attached hydrogens (tertiary/aromatic N) is 3. The molecule has 3 rings (SSSR count). The Kier molecular flexibility index (Phi) is 6.90. The Balaban J connectivity index is 1.83. The number of para-hydroxylation sites is 1. The van der Waals surface area contributed by atoms with Crippen LogP contribution in [0.4, 0.5) is 17.1 Å². The molecular weight excluding hydrogens is 424 g/mol. The topological polar surface area (TPSA) is 73.0 Å². The quantitative estimate of drug-likeness (QED) is 0.732. The van der Waals surface area contributed by atoms with Crippen molar-refractivity contribution in [3.05, 3.63) is 53.1 Å². The molecule has 2 aromatic rings. The van der Waals surface area contributed by atoms with Crippen LogP contribution in [-0.4, -0.2) is 65.3 Å². The minimum Gasteiger partial charge on any atom is -0.367 e. The number of carbonyl (C=O) groups is 1. The second kappa shape index (κ2) is 9.24. The highest BCUT2D eigenvalue weighted by atomic mass is 35.5. The first kappa shape index (κ1) is 22.4. The molecule has 0 saturated carbocycles. The van der Waals surface area contributed by atoms with Crippen LogP contribution in [0.3, 0.4) is 0 Å². The molecule has 2 aromatic carbocycles. The minimum absolute atomic E-state index is 0.321. The summed E-state index contributed by atoms with van der Waals surface area (Å²) in [6.45, 7) is 5.00. The highest BCUT2D eigenvalue weighted by Gasteiger charge is 2.24. The number of piperazine rings is 1. The van der Waals surface area contributed by atoms with Gasteiger partial charge < -0.3 is 15.1 Å². The first-order valence-corrected chi connectivity index (χ1v) is 11.9. The molecular formula is C21H27ClN4O3S. The molecule has 0 radical (unpaired) electrons. The molecule has 1 N–H and O–H groups in total. The average molecular weight is 451 g/mol. The Hall–Kier alpha value is -2.29. The number of rotatable bonds is 6. The molecule has 7 nitrogen and oxygen atoms in total. The summed E-state index contributed by atoms with van der Waals surface area (Å²) in [4.78, 5) is 17.3. The van der Waals surface area contributed by atoms with E-state index in [4.69, 9.17) is 11.6 Å². The van der Waals surface area contributed by atoms with Gasteiger partial charge in [0.25, 0.3) is 0 Å². The number of hydrogen-bond donors (Lipinski definition) is 1. The van der Waals surface area contributed by atoms with E-state index in [1.54, 1.807) is 24.3 Å². The Morgan fingerprint density at radius 1 is 1.13 bits per heavy atom. The fourth-order valence-corrected chi connectivity index (χ4v) is 4.56. The minimum atomic E-state index is -3.64. The molecule has 1 saturated heterocycles. The molecule has 9 heteroatoms. The summed E-state index contributed by atoms with van der Waals surface area (Å²) in [5, 5.41) is 3.37. The summed E-state index contributed by atoms with van der Waals surface area (Å²) in [7, 11) is -1.57. The Labute approximate surface area is 183 Å². The third-order valence-corrected chi connectivity index (χ3v) is 6.51. The molecule has 1 amide bonds. The number of halogens is 1. The number of aryl methyl sites for hydroxylation is 1. The molecule has 1 fully saturated rings. The van der Waals surface area contributed by atoms with Crippen LogP contribution in [0.25, 0.3) is 0 Å². The summed E-state index contributed by atoms with van der Waals surface area (Å²) in [6, 6.07) is 12.5. The zero-order valence-corrected chi connectivity index (χ0v) is 19.0. The molecule has 0 unspecified atom stereocenters. The largest absolute Gasteiger partial charge is 0.367 e. The summed E-state index contributed by atoms with van der Waals surface area (Å²) >= 11 is 6.17. The molecule has 0 aromatic heterocycles. The van der Waals surface area contributed by atoms with Crippen LogP contribution in [0.1, 0.15) is 5.56 Å². The number of amides is 1. The number of hydrogen-bond acceptors (Lipinski definition) is 5. The van der Waals surface area contributed by atoms with E-state index in [2.05, 4.69) is 22.2 Å². The molecule has 30 heavy (non-hydrogen) atoms. The van der Waals surface area contributed by atoms with Crippen LogP contribution in [0.15, 0.2) is 42.5 Å². The van der Waals surface area contributed by atoms with Crippen molar-refractivity contribution >= 4 is 44.6 Å². The van der Waals surface area contributed by atoms with E-state index in [-0.39, 0.29) is 6.54 Å². The highest BCUT2D eigenvalue weighted by molar-refractivity contribution is 7.92. The second-order valence-electron chi connectivity index (χ2n) is 7.56. The first-order chi connectivity index (χ1) is 14.1. The van der Waals surface area contributed by atoms with Gasteiger partial charge in [-0.25, -0.2) is 8.42 Å². The van der Waals surface area contributed by atoms with Gasteiger partial charge in [0.2, 0.25) is 15.9 Å². The standard InChI is InChI=1S/C21H27ClN4O3S/c1-16-6-4-5-7-19(16)26(30(3,28)29)15-21(27)23-18-14-17(22)8-9-20(18)25-12-10-24(2)11-13-25/h4-9,14H,10-13,15H2,1-3H3,(H,23,27). The first-order valence-electron chi connectivity index (χ1n) is 9.71. The van der Waals surface area contributed by atoms with E-state index in [1.165, 1.54) is 0 Å². The zero-order valence-electron chi connectivity index (χ0n) is 17.4. The number of nitrogens with one attached hydrogen (secondary N) is 1. The third-order valence-electron chi connectivity index (χ3n) is 5.15. The normalized spacial score (nSPS) is 15.1. The summed E-state index contributed by atoms with van der Waals surface area (Å²) in [5.74, 6) is -0.429. The van der Waals surface area contributed by atoms with Gasteiger partial charge in [-0.2, -0.15) is 0 Å². The summed E-state index contributed by atoms with van der Waals surface area (Å²) < 4.78 is 25.9. The van der Waals surface area contributed by atoms with Crippen molar-refractivity contribution < 1.29 is 13.2 Å². The van der Waals surface area contributed by atoms with Gasteiger partial charge in [-0.3, -0.25) is 9.10 Å². The maximum atomic E-state index is 12.9. The fourth-order valence-electron chi connectivity index (χ4n) is 3.48. The van der Waals surface area contributed by atoms with Crippen LogP contribution in [0, 0.1) is 6.92 Å². The molecule has 0 atom stereocenters. The van der Waals surface area contributed by atoms with Gasteiger partial charge in [-0.05, 0) is 43.8 Å². The molecule has 0 bridgehead atoms. The van der Waals surface area contributed by atoms with E-state index in [1.807, 2.05) is 25.1 Å². The highest BCUT2D eigenvalue weighted by Crippen LogP contribution is 2.30. The maximum absolute atomic E-state index is 12.9. The molecule has 1 aliphatic heterocycles. The lowest BCUT2D eigenvalue weighted by molar-refractivity contribution is -0.114. The van der Waals surface area contributed by atoms with Gasteiger partial charge >= 0.3 is 0 Å². The van der Waals surface area contributed by atoms with Crippen LogP contribution in [0.2, 0.25) is 5.02 Å². The van der Waals surface area contributed by atoms with Gasteiger partial charge in [0, 0.05) is 31.2 Å². The van der Waals surface area contributed by atoms with Crippen LogP contribution < -0.4 is 14.5 Å². The third kappa shape index (κ3) is 5.44. The van der Waals surface area contributed by atoms with Gasteiger partial charge in [-0.1, -0.05) is 29.8 Å². The van der Waals surface area contributed by atoms with Crippen molar-refractivity contribution in [2.24, 2.45) is 0 Å². The van der Waals surface area contributed by atoms with E-state index >= 15 is 0 Å². The van der Waals surface area contributed by atoms with Gasteiger partial charge in [-0.15, -0.1) is 0 Å². The van der Waals surface area contributed by atoms with E-state index < -0.39 is 15.9 Å². The molecule has 1 aliphatic rings. The lowest BCUT2D eigenvalue weighted by Crippen LogP contribution is -2.45. The number of carbonyl (C=O) groups excluding carboxylic acids is 1. The number of anilines is 3. The Morgan fingerprint density at radius 3 is 2.43 bits per heavy atom. The number of benzene rings is 2. The fraction of sp³-hybridized carbons (Fsp3) is 0.381. The zero-order chi connectivity index (χ0) is 21.9. The van der Waals surface area contributed by atoms with E-state index in [0.29, 0.717) is 16.4 Å². The van der Waals surface area contributed by atoms with Crippen LogP contribution >= 0.6 is 11.6 Å². The SMILES string of the molecule is Cc1ccccc1N(CC(=O)Nc1cc(Cl)ccc1N1CCN(C)CC1)S(C)(=O)=O. The molecule has 162 valence electrons. The Morgan fingerprint density at radius 2 is 1.80 bits per heavy atom. The average Bonchev–Trinajstić information content (AvgIpc) is 2.67. The van der Waals surface area contributed by atoms with Crippen LogP contribution in [-0.2, 0) is 14.8 Å². The monoisotopic (exact) mass is 450 g/mol. The summed E-state index contributed by atoms with van der Waals surface area (Å²) in [6.07, 6.45) is 1.10. The van der Waals surface area contributed by atoms with E-state index in [0.717, 1.165) is 48.0 Å². The second-order valence-corrected chi connectivity index (χ2v) is 9.90. The number of likely N-dealkylation sites (N-methyl/N-ethyl adjacent to an activating group) is 1. The van der Waals surface area contributed by atoms with Gasteiger partial charge in [0.15, 0.2) is 0 Å². The molecule has 1 heterocycles. The van der Waals surface area contributed by atoms with E-state index in [9.17, 15) is 13.2 Å². The van der Waals surface area contributed by atoms with Gasteiger partial charge in [0.1, 0.15) is 6.54 Å². The molecule has 0 aliphatic carbocycles. The Bertz CT molecular complexity index is 1020. The van der Waals surface area contributed by atoms with Crippen molar-refractivity contribution in [3.63, 3.8) is 0 Å². The van der Waals surface area contributed by atoms with Crippen LogP contribution in [0.5, 0.6) is 0 Å². The lowest BCUT2D eigenvalue weighted by atomic mass is 10.2. The van der Waals surface area contributed by atoms with Crippen molar-refractivity contribution in [1.82, 2.24) is 4.90 Å². The van der Waals surface area contributed by atoms with Gasteiger partial charge in [0.05, 0.1) is 23.3 Å². The number of sulfonamides is 1. The van der Waals surface area contributed by atoms with Crippen molar-refractivity contribution in [3.8, 4) is 0 Å². The maximum Gasteiger partial charge on any atom is 0.245 e. The summed E-state index contributed by atoms with van der Waals surface area (Å²) in [5.41, 5.74) is 2.72. The predicted octanol–water partition coefficient (Wildman–Crippen LogP) is 2.80. The lowest BCUT2D eigenvalue weighted by Gasteiger charge is -2.35. The molecule has 0 spiro atoms. The smallest absolute Gasteiger partial charge is 0.245 e. The predicted molar refractivity (Wildman–Crippen MR) is 123 cm³/mol. The van der Waals surface area contributed by atoms with Crippen molar-refractivity contribution in [1.29, 1.82) is 0 Å².